The van der Waals surface area contributed by atoms with E-state index in [1.807, 2.05) is 56.3 Å². The van der Waals surface area contributed by atoms with Crippen LogP contribution in [0.1, 0.15) is 11.1 Å². The first-order chi connectivity index (χ1) is 11.4. The van der Waals surface area contributed by atoms with Gasteiger partial charge in [-0.25, -0.2) is 0 Å². The van der Waals surface area contributed by atoms with Gasteiger partial charge in [0, 0.05) is 12.7 Å². The van der Waals surface area contributed by atoms with E-state index in [4.69, 9.17) is 4.74 Å². The second kappa shape index (κ2) is 8.15. The molecule has 0 radical (unpaired) electrons. The Kier molecular flexibility index (Phi) is 5.95. The highest BCUT2D eigenvalue weighted by Gasteiger charge is 2.13. The minimum absolute atomic E-state index is 0.0239. The van der Waals surface area contributed by atoms with Crippen LogP contribution in [0, 0.1) is 13.8 Å². The summed E-state index contributed by atoms with van der Waals surface area (Å²) in [7, 11) is 1.58. The smallest absolute Gasteiger partial charge is 0.260 e. The van der Waals surface area contributed by atoms with Gasteiger partial charge in [-0.15, -0.1) is 0 Å². The van der Waals surface area contributed by atoms with E-state index < -0.39 is 0 Å². The molecule has 1 N–H and O–H groups in total. The van der Waals surface area contributed by atoms with E-state index in [2.05, 4.69) is 5.32 Å². The average molecular weight is 326 g/mol. The van der Waals surface area contributed by atoms with E-state index in [9.17, 15) is 9.59 Å². The number of hydrogen-bond acceptors (Lipinski definition) is 3. The topological polar surface area (TPSA) is 58.6 Å². The van der Waals surface area contributed by atoms with Crippen molar-refractivity contribution in [2.75, 3.05) is 25.5 Å². The molecular weight excluding hydrogens is 304 g/mol. The van der Waals surface area contributed by atoms with E-state index in [0.29, 0.717) is 11.4 Å². The zero-order valence-electron chi connectivity index (χ0n) is 14.2. The van der Waals surface area contributed by atoms with E-state index in [1.165, 1.54) is 4.90 Å². The van der Waals surface area contributed by atoms with Crippen molar-refractivity contribution in [3.8, 4) is 5.75 Å². The van der Waals surface area contributed by atoms with E-state index >= 15 is 0 Å². The molecule has 0 bridgehead atoms. The van der Waals surface area contributed by atoms with Crippen molar-refractivity contribution in [2.45, 2.75) is 13.8 Å². The Bertz CT molecular complexity index is 711. The average Bonchev–Trinajstić information content (AvgIpc) is 2.54. The number of nitrogens with zero attached hydrogens (tertiary/aromatic N) is 1. The number of nitrogens with one attached hydrogen (secondary N) is 1. The van der Waals surface area contributed by atoms with Gasteiger partial charge >= 0.3 is 0 Å². The Morgan fingerprint density at radius 3 is 2.42 bits per heavy atom. The van der Waals surface area contributed by atoms with E-state index in [0.717, 1.165) is 11.1 Å². The molecule has 0 saturated heterocycles. The Morgan fingerprint density at radius 2 is 1.75 bits per heavy atom. The van der Waals surface area contributed by atoms with Gasteiger partial charge in [0.2, 0.25) is 5.91 Å². The first kappa shape index (κ1) is 17.5. The summed E-state index contributed by atoms with van der Waals surface area (Å²) in [6.07, 6.45) is 0. The van der Waals surface area contributed by atoms with Crippen LogP contribution < -0.4 is 10.1 Å². The van der Waals surface area contributed by atoms with Crippen LogP contribution in [0.15, 0.2) is 48.5 Å². The Hall–Kier alpha value is -2.82. The third-order valence-electron chi connectivity index (χ3n) is 3.49. The van der Waals surface area contributed by atoms with Crippen molar-refractivity contribution in [3.63, 3.8) is 0 Å². The molecule has 0 fully saturated rings. The molecule has 0 atom stereocenters. The van der Waals surface area contributed by atoms with Crippen LogP contribution in [-0.4, -0.2) is 36.9 Å². The monoisotopic (exact) mass is 326 g/mol. The number of hydrogen-bond donors (Lipinski definition) is 1. The summed E-state index contributed by atoms with van der Waals surface area (Å²) in [4.78, 5) is 25.4. The maximum Gasteiger partial charge on any atom is 0.260 e. The lowest BCUT2D eigenvalue weighted by molar-refractivity contribution is -0.135. The first-order valence-electron chi connectivity index (χ1n) is 7.74. The number of benzene rings is 2. The molecule has 0 aliphatic rings. The van der Waals surface area contributed by atoms with Crippen molar-refractivity contribution in [2.24, 2.45) is 0 Å². The molecule has 0 spiro atoms. The van der Waals surface area contributed by atoms with Crippen LogP contribution >= 0.6 is 0 Å². The van der Waals surface area contributed by atoms with Crippen LogP contribution in [0.3, 0.4) is 0 Å². The summed E-state index contributed by atoms with van der Waals surface area (Å²) in [6.45, 7) is 3.81. The minimum atomic E-state index is -0.254. The second-order valence-corrected chi connectivity index (χ2v) is 5.77. The normalized spacial score (nSPS) is 10.1. The quantitative estimate of drug-likeness (QED) is 0.888. The molecule has 2 aromatic rings. The summed E-state index contributed by atoms with van der Waals surface area (Å²) >= 11 is 0. The molecule has 2 amide bonds. The SMILES string of the molecule is Cc1ccc(NC(=O)CN(C)C(=O)COc2cccc(C)c2)cc1. The Morgan fingerprint density at radius 1 is 1.04 bits per heavy atom. The Balaban J connectivity index is 1.80. The van der Waals surface area contributed by atoms with Crippen molar-refractivity contribution in [3.05, 3.63) is 59.7 Å². The molecule has 2 aromatic carbocycles. The van der Waals surface area contributed by atoms with Gasteiger partial charge in [-0.2, -0.15) is 0 Å². The highest BCUT2D eigenvalue weighted by Crippen LogP contribution is 2.12. The van der Waals surface area contributed by atoms with Gasteiger partial charge in [-0.05, 0) is 43.7 Å². The molecule has 2 rings (SSSR count). The summed E-state index contributed by atoms with van der Waals surface area (Å²) in [5.41, 5.74) is 2.89. The predicted octanol–water partition coefficient (Wildman–Crippen LogP) is 2.78. The summed E-state index contributed by atoms with van der Waals surface area (Å²) in [6, 6.07) is 15.0. The van der Waals surface area contributed by atoms with Crippen LogP contribution in [-0.2, 0) is 9.59 Å². The minimum Gasteiger partial charge on any atom is -0.484 e. The van der Waals surface area contributed by atoms with Crippen LogP contribution in [0.2, 0.25) is 0 Å². The molecule has 0 saturated carbocycles. The fourth-order valence-electron chi connectivity index (χ4n) is 2.10. The Labute approximate surface area is 142 Å². The lowest BCUT2D eigenvalue weighted by Gasteiger charge is -2.17. The number of ether oxygens (including phenoxy) is 1. The summed E-state index contributed by atoms with van der Waals surface area (Å²) < 4.78 is 5.46. The third kappa shape index (κ3) is 5.43. The molecule has 0 aliphatic heterocycles. The molecule has 0 aliphatic carbocycles. The molecule has 5 nitrogen and oxygen atoms in total. The second-order valence-electron chi connectivity index (χ2n) is 5.77. The highest BCUT2D eigenvalue weighted by atomic mass is 16.5. The number of rotatable bonds is 6. The molecular formula is C19H22N2O3. The molecule has 5 heteroatoms. The molecule has 0 unspecified atom stereocenters. The van der Waals surface area contributed by atoms with Gasteiger partial charge in [0.05, 0.1) is 6.54 Å². The number of amides is 2. The lowest BCUT2D eigenvalue weighted by Crippen LogP contribution is -2.37. The van der Waals surface area contributed by atoms with Crippen LogP contribution in [0.5, 0.6) is 5.75 Å². The zero-order chi connectivity index (χ0) is 17.5. The van der Waals surface area contributed by atoms with Crippen molar-refractivity contribution < 1.29 is 14.3 Å². The fourth-order valence-corrected chi connectivity index (χ4v) is 2.10. The first-order valence-corrected chi connectivity index (χ1v) is 7.74. The van der Waals surface area contributed by atoms with Crippen LogP contribution in [0.25, 0.3) is 0 Å². The number of likely N-dealkylation sites (N-methyl/N-ethyl adjacent to an activating group) is 1. The van der Waals surface area contributed by atoms with Gasteiger partial charge < -0.3 is 15.0 Å². The molecule has 126 valence electrons. The number of carbonyl (C=O) groups is 2. The predicted molar refractivity (Wildman–Crippen MR) is 94.1 cm³/mol. The van der Waals surface area contributed by atoms with Crippen LogP contribution in [0.4, 0.5) is 5.69 Å². The maximum absolute atomic E-state index is 12.1. The van der Waals surface area contributed by atoms with Gasteiger partial charge in [-0.3, -0.25) is 9.59 Å². The van der Waals surface area contributed by atoms with E-state index in [-0.39, 0.29) is 25.0 Å². The number of anilines is 1. The number of aryl methyl sites for hydroxylation is 2. The fraction of sp³-hybridized carbons (Fsp3) is 0.263. The van der Waals surface area contributed by atoms with Crippen molar-refractivity contribution in [1.29, 1.82) is 0 Å². The largest absolute Gasteiger partial charge is 0.484 e. The summed E-state index contributed by atoms with van der Waals surface area (Å²) in [5, 5.41) is 2.76. The van der Waals surface area contributed by atoms with Gasteiger partial charge in [0.25, 0.3) is 5.91 Å². The molecule has 0 aromatic heterocycles. The standard InChI is InChI=1S/C19H22N2O3/c1-14-7-9-16(10-8-14)20-18(22)12-21(3)19(23)13-24-17-6-4-5-15(2)11-17/h4-11H,12-13H2,1-3H3,(H,20,22). The number of carbonyl (C=O) groups excluding carboxylic acids is 2. The lowest BCUT2D eigenvalue weighted by atomic mass is 10.2. The van der Waals surface area contributed by atoms with Gasteiger partial charge in [0.1, 0.15) is 5.75 Å². The highest BCUT2D eigenvalue weighted by molar-refractivity contribution is 5.94. The van der Waals surface area contributed by atoms with Gasteiger partial charge in [-0.1, -0.05) is 29.8 Å². The molecule has 24 heavy (non-hydrogen) atoms. The molecule has 0 heterocycles. The van der Waals surface area contributed by atoms with Gasteiger partial charge in [0.15, 0.2) is 6.61 Å². The maximum atomic E-state index is 12.1. The van der Waals surface area contributed by atoms with Crippen molar-refractivity contribution in [1.82, 2.24) is 4.90 Å². The third-order valence-corrected chi connectivity index (χ3v) is 3.49. The van der Waals surface area contributed by atoms with E-state index in [1.54, 1.807) is 13.1 Å². The summed E-state index contributed by atoms with van der Waals surface area (Å²) in [5.74, 6) is 0.140. The zero-order valence-corrected chi connectivity index (χ0v) is 14.2. The van der Waals surface area contributed by atoms with Crippen molar-refractivity contribution >= 4 is 17.5 Å².